The lowest BCUT2D eigenvalue weighted by Gasteiger charge is -2.05. The van der Waals surface area contributed by atoms with Gasteiger partial charge in [0.2, 0.25) is 0 Å². The van der Waals surface area contributed by atoms with Crippen LogP contribution in [0.3, 0.4) is 0 Å². The Balaban J connectivity index is 1.37. The molecular weight excluding hydrogens is 446 g/mol. The van der Waals surface area contributed by atoms with Gasteiger partial charge >= 0.3 is 0 Å². The maximum atomic E-state index is 12.5. The van der Waals surface area contributed by atoms with Gasteiger partial charge in [-0.1, -0.05) is 42.5 Å². The van der Waals surface area contributed by atoms with Gasteiger partial charge in [-0.3, -0.25) is 9.48 Å². The molecule has 6 nitrogen and oxygen atoms in total. The summed E-state index contributed by atoms with van der Waals surface area (Å²) in [6.45, 7) is 2.82. The number of benzene rings is 2. The molecule has 4 rings (SSSR count). The molecule has 1 N–H and O–H groups in total. The smallest absolute Gasteiger partial charge is 0.292 e. The SMILES string of the molecule is Cc1cc(NC(=O)c2ccc(COc3ccccc3Br)o2)nn1Cc1ccccc1. The highest BCUT2D eigenvalue weighted by molar-refractivity contribution is 9.10. The van der Waals surface area contributed by atoms with E-state index in [1.807, 2.05) is 72.3 Å². The molecule has 1 amide bonds. The third-order valence-electron chi connectivity index (χ3n) is 4.49. The van der Waals surface area contributed by atoms with Crippen LogP contribution in [-0.4, -0.2) is 15.7 Å². The zero-order chi connectivity index (χ0) is 20.9. The van der Waals surface area contributed by atoms with Gasteiger partial charge in [-0.05, 0) is 52.7 Å². The van der Waals surface area contributed by atoms with E-state index < -0.39 is 0 Å². The number of furan rings is 1. The molecule has 7 heteroatoms. The second-order valence-corrected chi connectivity index (χ2v) is 7.61. The Hall–Kier alpha value is -3.32. The summed E-state index contributed by atoms with van der Waals surface area (Å²) in [4.78, 5) is 12.5. The molecule has 0 radical (unpaired) electrons. The molecule has 152 valence electrons. The zero-order valence-corrected chi connectivity index (χ0v) is 17.9. The van der Waals surface area contributed by atoms with Crippen molar-refractivity contribution < 1.29 is 13.9 Å². The first kappa shape index (κ1) is 20.0. The number of amides is 1. The normalized spacial score (nSPS) is 10.7. The number of carbonyl (C=O) groups excluding carboxylic acids is 1. The molecule has 0 unspecified atom stereocenters. The number of rotatable bonds is 7. The summed E-state index contributed by atoms with van der Waals surface area (Å²) >= 11 is 3.44. The molecular formula is C23H20BrN3O3. The number of carbonyl (C=O) groups is 1. The predicted octanol–water partition coefficient (Wildman–Crippen LogP) is 5.43. The molecule has 0 spiro atoms. The van der Waals surface area contributed by atoms with Crippen molar-refractivity contribution in [3.05, 3.63) is 100 Å². The Bertz CT molecular complexity index is 1150. The quantitative estimate of drug-likeness (QED) is 0.395. The summed E-state index contributed by atoms with van der Waals surface area (Å²) < 4.78 is 14.1. The standard InChI is InChI=1S/C23H20BrN3O3/c1-16-13-22(26-27(16)14-17-7-3-2-4-8-17)25-23(28)21-12-11-18(30-21)15-29-20-10-6-5-9-19(20)24/h2-13H,14-15H2,1H3,(H,25,26,28). The average Bonchev–Trinajstić information content (AvgIpc) is 3.35. The van der Waals surface area contributed by atoms with Gasteiger partial charge in [0.05, 0.1) is 11.0 Å². The van der Waals surface area contributed by atoms with E-state index in [0.717, 1.165) is 15.7 Å². The number of halogens is 1. The number of hydrogen-bond donors (Lipinski definition) is 1. The summed E-state index contributed by atoms with van der Waals surface area (Å²) in [5, 5.41) is 7.26. The van der Waals surface area contributed by atoms with Crippen LogP contribution in [-0.2, 0) is 13.2 Å². The molecule has 0 saturated heterocycles. The minimum atomic E-state index is -0.355. The van der Waals surface area contributed by atoms with Crippen LogP contribution in [0.2, 0.25) is 0 Å². The predicted molar refractivity (Wildman–Crippen MR) is 118 cm³/mol. The Labute approximate surface area is 182 Å². The molecule has 2 aromatic carbocycles. The molecule has 2 heterocycles. The Morgan fingerprint density at radius 2 is 1.87 bits per heavy atom. The third kappa shape index (κ3) is 4.80. The molecule has 0 atom stereocenters. The largest absolute Gasteiger partial charge is 0.484 e. The summed E-state index contributed by atoms with van der Waals surface area (Å²) in [6.07, 6.45) is 0. The molecule has 0 fully saturated rings. The fourth-order valence-corrected chi connectivity index (χ4v) is 3.35. The van der Waals surface area contributed by atoms with Gasteiger partial charge in [-0.15, -0.1) is 0 Å². The van der Waals surface area contributed by atoms with E-state index >= 15 is 0 Å². The lowest BCUT2D eigenvalue weighted by Crippen LogP contribution is -2.12. The highest BCUT2D eigenvalue weighted by atomic mass is 79.9. The van der Waals surface area contributed by atoms with Gasteiger partial charge in [-0.2, -0.15) is 5.10 Å². The Morgan fingerprint density at radius 3 is 2.67 bits per heavy atom. The van der Waals surface area contributed by atoms with Gasteiger partial charge in [0, 0.05) is 11.8 Å². The van der Waals surface area contributed by atoms with Gasteiger partial charge in [-0.25, -0.2) is 0 Å². The van der Waals surface area contributed by atoms with Crippen molar-refractivity contribution in [3.8, 4) is 5.75 Å². The number of hydrogen-bond acceptors (Lipinski definition) is 4. The second-order valence-electron chi connectivity index (χ2n) is 6.75. The summed E-state index contributed by atoms with van der Waals surface area (Å²) in [7, 11) is 0. The lowest BCUT2D eigenvalue weighted by molar-refractivity contribution is 0.0992. The number of para-hydroxylation sites is 1. The van der Waals surface area contributed by atoms with Gasteiger partial charge in [0.15, 0.2) is 11.6 Å². The van der Waals surface area contributed by atoms with Crippen molar-refractivity contribution in [2.75, 3.05) is 5.32 Å². The summed E-state index contributed by atoms with van der Waals surface area (Å²) in [5.74, 6) is 1.60. The number of aryl methyl sites for hydroxylation is 1. The fourth-order valence-electron chi connectivity index (χ4n) is 2.95. The van der Waals surface area contributed by atoms with E-state index in [9.17, 15) is 4.79 Å². The van der Waals surface area contributed by atoms with Gasteiger partial charge in [0.1, 0.15) is 18.1 Å². The molecule has 0 aliphatic heterocycles. The van der Waals surface area contributed by atoms with Crippen LogP contribution >= 0.6 is 15.9 Å². The Kier molecular flexibility index (Phi) is 5.99. The highest BCUT2D eigenvalue weighted by Crippen LogP contribution is 2.25. The monoisotopic (exact) mass is 465 g/mol. The van der Waals surface area contributed by atoms with E-state index in [1.54, 1.807) is 12.1 Å². The van der Waals surface area contributed by atoms with Gasteiger partial charge < -0.3 is 14.5 Å². The number of aromatic nitrogens is 2. The van der Waals surface area contributed by atoms with Crippen molar-refractivity contribution in [2.45, 2.75) is 20.1 Å². The van der Waals surface area contributed by atoms with Crippen LogP contribution in [0, 0.1) is 6.92 Å². The molecule has 0 bridgehead atoms. The lowest BCUT2D eigenvalue weighted by atomic mass is 10.2. The van der Waals surface area contributed by atoms with E-state index in [0.29, 0.717) is 23.9 Å². The molecule has 30 heavy (non-hydrogen) atoms. The first-order chi connectivity index (χ1) is 14.6. The van der Waals surface area contributed by atoms with Crippen LogP contribution in [0.25, 0.3) is 0 Å². The van der Waals surface area contributed by atoms with Crippen molar-refractivity contribution in [1.82, 2.24) is 9.78 Å². The molecule has 2 aromatic heterocycles. The van der Waals surface area contributed by atoms with Crippen LogP contribution in [0.4, 0.5) is 5.82 Å². The van der Waals surface area contributed by atoms with Crippen molar-refractivity contribution in [1.29, 1.82) is 0 Å². The Morgan fingerprint density at radius 1 is 1.10 bits per heavy atom. The topological polar surface area (TPSA) is 69.3 Å². The number of anilines is 1. The average molecular weight is 466 g/mol. The number of nitrogens with zero attached hydrogens (tertiary/aromatic N) is 2. The van der Waals surface area contributed by atoms with Crippen molar-refractivity contribution >= 4 is 27.7 Å². The first-order valence-corrected chi connectivity index (χ1v) is 10.2. The van der Waals surface area contributed by atoms with E-state index in [2.05, 4.69) is 26.3 Å². The van der Waals surface area contributed by atoms with Crippen LogP contribution < -0.4 is 10.1 Å². The minimum absolute atomic E-state index is 0.205. The van der Waals surface area contributed by atoms with Crippen molar-refractivity contribution in [2.24, 2.45) is 0 Å². The molecule has 4 aromatic rings. The van der Waals surface area contributed by atoms with E-state index in [1.165, 1.54) is 0 Å². The van der Waals surface area contributed by atoms with Crippen molar-refractivity contribution in [3.63, 3.8) is 0 Å². The number of ether oxygens (including phenoxy) is 1. The number of nitrogens with one attached hydrogen (secondary N) is 1. The summed E-state index contributed by atoms with van der Waals surface area (Å²) in [5.41, 5.74) is 2.10. The maximum Gasteiger partial charge on any atom is 0.292 e. The van der Waals surface area contributed by atoms with Crippen LogP contribution in [0.1, 0.15) is 27.6 Å². The van der Waals surface area contributed by atoms with Gasteiger partial charge in [0.25, 0.3) is 5.91 Å². The fraction of sp³-hybridized carbons (Fsp3) is 0.130. The minimum Gasteiger partial charge on any atom is -0.484 e. The second kappa shape index (κ2) is 9.00. The zero-order valence-electron chi connectivity index (χ0n) is 16.3. The third-order valence-corrected chi connectivity index (χ3v) is 5.15. The molecule has 0 saturated carbocycles. The molecule has 0 aliphatic rings. The van der Waals surface area contributed by atoms with E-state index in [-0.39, 0.29) is 18.3 Å². The molecule has 0 aliphatic carbocycles. The van der Waals surface area contributed by atoms with Crippen LogP contribution in [0.5, 0.6) is 5.75 Å². The van der Waals surface area contributed by atoms with E-state index in [4.69, 9.17) is 9.15 Å². The maximum absolute atomic E-state index is 12.5. The highest BCUT2D eigenvalue weighted by Gasteiger charge is 2.14. The summed E-state index contributed by atoms with van der Waals surface area (Å²) in [6, 6.07) is 22.8. The van der Waals surface area contributed by atoms with Crippen LogP contribution in [0.15, 0.2) is 81.7 Å². The first-order valence-electron chi connectivity index (χ1n) is 9.44.